The molecule has 1 unspecified atom stereocenters. The Kier molecular flexibility index (Phi) is 5.12. The Balaban J connectivity index is 2.23. The van der Waals surface area contributed by atoms with E-state index < -0.39 is 10.1 Å². The second-order valence-electron chi connectivity index (χ2n) is 5.22. The first kappa shape index (κ1) is 17.1. The van der Waals surface area contributed by atoms with E-state index in [2.05, 4.69) is 10.2 Å². The van der Waals surface area contributed by atoms with Crippen LogP contribution in [0, 0.1) is 0 Å². The Morgan fingerprint density at radius 3 is 2.17 bits per heavy atom. The van der Waals surface area contributed by atoms with E-state index in [9.17, 15) is 13.5 Å². The van der Waals surface area contributed by atoms with Crippen molar-refractivity contribution >= 4 is 21.5 Å². The highest BCUT2D eigenvalue weighted by Gasteiger charge is 2.10. The lowest BCUT2D eigenvalue weighted by Crippen LogP contribution is -1.96. The van der Waals surface area contributed by atoms with Crippen LogP contribution in [-0.2, 0) is 10.1 Å². The Morgan fingerprint density at radius 1 is 1.04 bits per heavy atom. The van der Waals surface area contributed by atoms with E-state index in [4.69, 9.17) is 4.55 Å². The first-order valence-electron chi connectivity index (χ1n) is 7.13. The molecule has 2 N–H and O–H groups in total. The summed E-state index contributed by atoms with van der Waals surface area (Å²) in [4.78, 5) is -0.194. The van der Waals surface area contributed by atoms with Gasteiger partial charge in [0.15, 0.2) is 0 Å². The van der Waals surface area contributed by atoms with Gasteiger partial charge in [-0.05, 0) is 60.4 Å². The third kappa shape index (κ3) is 4.37. The molecule has 6 nitrogen and oxygen atoms in total. The van der Waals surface area contributed by atoms with Crippen molar-refractivity contribution in [3.8, 4) is 5.75 Å². The molecule has 0 aliphatic carbocycles. The van der Waals surface area contributed by atoms with Gasteiger partial charge in [-0.15, -0.1) is 0 Å². The van der Waals surface area contributed by atoms with Gasteiger partial charge >= 0.3 is 0 Å². The third-order valence-electron chi connectivity index (χ3n) is 3.57. The van der Waals surface area contributed by atoms with Gasteiger partial charge in [0, 0.05) is 0 Å². The standard InChI is InChI=1S/C16H18N2O4S/c1-3-11(2)15-10-13(6-9-16(15)19)18-17-12-4-7-14(8-5-12)23(20,21)22/h4-11,19H,3H2,1-2H3,(H,20,21,22). The minimum atomic E-state index is -4.21. The van der Waals surface area contributed by atoms with Gasteiger partial charge in [-0.25, -0.2) is 0 Å². The van der Waals surface area contributed by atoms with Gasteiger partial charge in [-0.1, -0.05) is 13.8 Å². The number of rotatable bonds is 5. The van der Waals surface area contributed by atoms with E-state index in [0.29, 0.717) is 11.4 Å². The summed E-state index contributed by atoms with van der Waals surface area (Å²) in [6.45, 7) is 4.05. The van der Waals surface area contributed by atoms with Crippen LogP contribution in [0.3, 0.4) is 0 Å². The average molecular weight is 334 g/mol. The number of phenols is 1. The number of benzene rings is 2. The van der Waals surface area contributed by atoms with E-state index in [-0.39, 0.29) is 16.6 Å². The molecular weight excluding hydrogens is 316 g/mol. The van der Waals surface area contributed by atoms with Crippen molar-refractivity contribution in [2.24, 2.45) is 10.2 Å². The molecule has 2 aromatic carbocycles. The van der Waals surface area contributed by atoms with E-state index >= 15 is 0 Å². The summed E-state index contributed by atoms with van der Waals surface area (Å²) >= 11 is 0. The summed E-state index contributed by atoms with van der Waals surface area (Å²) in [5.41, 5.74) is 1.86. The summed E-state index contributed by atoms with van der Waals surface area (Å²) < 4.78 is 30.8. The Bertz CT molecular complexity index is 814. The fourth-order valence-electron chi connectivity index (χ4n) is 2.02. The van der Waals surface area contributed by atoms with E-state index in [1.807, 2.05) is 13.8 Å². The molecular formula is C16H18N2O4S. The normalized spacial score (nSPS) is 13.3. The smallest absolute Gasteiger partial charge is 0.294 e. The minimum absolute atomic E-state index is 0.194. The molecule has 7 heteroatoms. The predicted octanol–water partition coefficient (Wildman–Crippen LogP) is 4.57. The highest BCUT2D eigenvalue weighted by Crippen LogP contribution is 2.32. The quantitative estimate of drug-likeness (QED) is 0.618. The van der Waals surface area contributed by atoms with E-state index in [1.165, 1.54) is 24.3 Å². The van der Waals surface area contributed by atoms with Crippen molar-refractivity contribution in [2.45, 2.75) is 31.1 Å². The molecule has 0 saturated carbocycles. The summed E-state index contributed by atoms with van der Waals surface area (Å²) in [5, 5.41) is 18.0. The van der Waals surface area contributed by atoms with Crippen LogP contribution in [0.2, 0.25) is 0 Å². The van der Waals surface area contributed by atoms with Crippen LogP contribution in [0.1, 0.15) is 31.7 Å². The molecule has 23 heavy (non-hydrogen) atoms. The van der Waals surface area contributed by atoms with Crippen molar-refractivity contribution in [1.29, 1.82) is 0 Å². The van der Waals surface area contributed by atoms with Crippen molar-refractivity contribution in [1.82, 2.24) is 0 Å². The number of hydrogen-bond acceptors (Lipinski definition) is 5. The SMILES string of the molecule is CCC(C)c1cc(N=Nc2ccc(S(=O)(=O)O)cc2)ccc1O. The first-order valence-corrected chi connectivity index (χ1v) is 8.57. The second kappa shape index (κ2) is 6.89. The average Bonchev–Trinajstić information content (AvgIpc) is 2.53. The number of hydrogen-bond donors (Lipinski definition) is 2. The highest BCUT2D eigenvalue weighted by atomic mass is 32.2. The lowest BCUT2D eigenvalue weighted by Gasteiger charge is -2.11. The number of aromatic hydroxyl groups is 1. The Morgan fingerprint density at radius 2 is 1.61 bits per heavy atom. The van der Waals surface area contributed by atoms with E-state index in [0.717, 1.165) is 12.0 Å². The van der Waals surface area contributed by atoms with Gasteiger partial charge in [0.05, 0.1) is 16.3 Å². The van der Waals surface area contributed by atoms with Crippen molar-refractivity contribution < 1.29 is 18.1 Å². The van der Waals surface area contributed by atoms with Gasteiger partial charge in [0.2, 0.25) is 0 Å². The van der Waals surface area contributed by atoms with Crippen molar-refractivity contribution in [3.63, 3.8) is 0 Å². The number of nitrogens with zero attached hydrogens (tertiary/aromatic N) is 2. The summed E-state index contributed by atoms with van der Waals surface area (Å²) in [6, 6.07) is 10.4. The molecule has 0 heterocycles. The van der Waals surface area contributed by atoms with Crippen molar-refractivity contribution in [2.75, 3.05) is 0 Å². The van der Waals surface area contributed by atoms with Crippen LogP contribution in [-0.4, -0.2) is 18.1 Å². The van der Waals surface area contributed by atoms with Gasteiger partial charge < -0.3 is 5.11 Å². The zero-order valence-corrected chi connectivity index (χ0v) is 13.7. The molecule has 0 amide bonds. The molecule has 0 aliphatic rings. The Hall–Kier alpha value is -2.25. The van der Waals surface area contributed by atoms with Gasteiger partial charge in [0.1, 0.15) is 5.75 Å². The molecule has 122 valence electrons. The monoisotopic (exact) mass is 334 g/mol. The topological polar surface area (TPSA) is 99.3 Å². The molecule has 0 radical (unpaired) electrons. The maximum atomic E-state index is 11.0. The van der Waals surface area contributed by atoms with E-state index in [1.54, 1.807) is 18.2 Å². The third-order valence-corrected chi connectivity index (χ3v) is 4.44. The first-order chi connectivity index (χ1) is 10.8. The zero-order valence-electron chi connectivity index (χ0n) is 12.8. The predicted molar refractivity (Wildman–Crippen MR) is 87.2 cm³/mol. The molecule has 2 rings (SSSR count). The maximum Gasteiger partial charge on any atom is 0.294 e. The van der Waals surface area contributed by atoms with Crippen LogP contribution in [0.15, 0.2) is 57.6 Å². The molecule has 0 aromatic heterocycles. The van der Waals surface area contributed by atoms with Gasteiger partial charge in [-0.3, -0.25) is 4.55 Å². The molecule has 0 fully saturated rings. The zero-order chi connectivity index (χ0) is 17.0. The van der Waals surface area contributed by atoms with Crippen LogP contribution in [0.25, 0.3) is 0 Å². The number of phenolic OH excluding ortho intramolecular Hbond substituents is 1. The molecule has 0 aliphatic heterocycles. The second-order valence-corrected chi connectivity index (χ2v) is 6.64. The summed E-state index contributed by atoms with van der Waals surface area (Å²) in [6.07, 6.45) is 0.894. The highest BCUT2D eigenvalue weighted by molar-refractivity contribution is 7.85. The fraction of sp³-hybridized carbons (Fsp3) is 0.250. The lowest BCUT2D eigenvalue weighted by atomic mass is 9.97. The molecule has 0 spiro atoms. The minimum Gasteiger partial charge on any atom is -0.508 e. The molecule has 0 bridgehead atoms. The van der Waals surface area contributed by atoms with Crippen LogP contribution < -0.4 is 0 Å². The Labute approximate surface area is 135 Å². The molecule has 0 saturated heterocycles. The summed E-state index contributed by atoms with van der Waals surface area (Å²) in [5.74, 6) is 0.440. The molecule has 1 atom stereocenters. The van der Waals surface area contributed by atoms with Crippen LogP contribution in [0.4, 0.5) is 11.4 Å². The van der Waals surface area contributed by atoms with Crippen LogP contribution >= 0.6 is 0 Å². The largest absolute Gasteiger partial charge is 0.508 e. The fourth-order valence-corrected chi connectivity index (χ4v) is 2.50. The van der Waals surface area contributed by atoms with Crippen molar-refractivity contribution in [3.05, 3.63) is 48.0 Å². The van der Waals surface area contributed by atoms with Gasteiger partial charge in [0.25, 0.3) is 10.1 Å². The number of azo groups is 1. The van der Waals surface area contributed by atoms with Gasteiger partial charge in [-0.2, -0.15) is 18.6 Å². The molecule has 2 aromatic rings. The maximum absolute atomic E-state index is 11.0. The summed E-state index contributed by atoms with van der Waals surface area (Å²) in [7, 11) is -4.21. The van der Waals surface area contributed by atoms with Crippen LogP contribution in [0.5, 0.6) is 5.75 Å². The lowest BCUT2D eigenvalue weighted by molar-refractivity contribution is 0.462.